The number of hydrogen-bond donors (Lipinski definition) is 2. The van der Waals surface area contributed by atoms with Crippen molar-refractivity contribution in [3.63, 3.8) is 0 Å². The molecule has 0 aromatic carbocycles. The summed E-state index contributed by atoms with van der Waals surface area (Å²) >= 11 is 1.53. The molecule has 8 nitrogen and oxygen atoms in total. The first-order chi connectivity index (χ1) is 18.2. The molecule has 1 saturated heterocycles. The van der Waals surface area contributed by atoms with Crippen LogP contribution in [0.5, 0.6) is 0 Å². The van der Waals surface area contributed by atoms with Gasteiger partial charge in [0.05, 0.1) is 10.9 Å². The van der Waals surface area contributed by atoms with Crippen molar-refractivity contribution in [2.24, 2.45) is 16.2 Å². The first-order valence-corrected chi connectivity index (χ1v) is 15.9. The zero-order valence-electron chi connectivity index (χ0n) is 27.0. The summed E-state index contributed by atoms with van der Waals surface area (Å²) in [4.78, 5) is 50.7. The maximum Gasteiger partial charge on any atom is 0.242 e. The minimum Gasteiger partial charge on any atom is -0.376 e. The van der Waals surface area contributed by atoms with Crippen LogP contribution >= 0.6 is 11.8 Å². The Balaban J connectivity index is 2.29. The Morgan fingerprint density at radius 1 is 0.875 bits per heavy atom. The first kappa shape index (κ1) is 36.4. The average molecular weight is 584 g/mol. The van der Waals surface area contributed by atoms with E-state index in [4.69, 9.17) is 4.74 Å². The fourth-order valence-corrected chi connectivity index (χ4v) is 5.32. The van der Waals surface area contributed by atoms with Crippen molar-refractivity contribution in [2.75, 3.05) is 32.0 Å². The molecule has 0 saturated carbocycles. The number of rotatable bonds is 17. The number of likely N-dealkylation sites (tertiary alicyclic amines) is 1. The number of amides is 4. The summed E-state index contributed by atoms with van der Waals surface area (Å²) in [6, 6.07) is 0. The van der Waals surface area contributed by atoms with Gasteiger partial charge in [0.25, 0.3) is 0 Å². The van der Waals surface area contributed by atoms with Crippen LogP contribution < -0.4 is 10.6 Å². The molecular weight excluding hydrogens is 526 g/mol. The quantitative estimate of drug-likeness (QED) is 0.177. The fourth-order valence-electron chi connectivity index (χ4n) is 4.09. The van der Waals surface area contributed by atoms with Gasteiger partial charge in [-0.1, -0.05) is 55.4 Å². The van der Waals surface area contributed by atoms with Crippen molar-refractivity contribution in [1.82, 2.24) is 15.5 Å². The van der Waals surface area contributed by atoms with Gasteiger partial charge in [-0.25, -0.2) is 0 Å². The zero-order valence-corrected chi connectivity index (χ0v) is 27.8. The third kappa shape index (κ3) is 16.0. The Labute approximate surface area is 247 Å². The summed E-state index contributed by atoms with van der Waals surface area (Å²) in [5.74, 6) is 0.389. The molecule has 1 atom stereocenters. The van der Waals surface area contributed by atoms with Crippen LogP contribution in [0.2, 0.25) is 0 Å². The van der Waals surface area contributed by atoms with Crippen LogP contribution in [0.25, 0.3) is 0 Å². The summed E-state index contributed by atoms with van der Waals surface area (Å²) in [6.07, 6.45) is 4.23. The van der Waals surface area contributed by atoms with Gasteiger partial charge in [-0.2, -0.15) is 0 Å². The Hall–Kier alpha value is -1.61. The molecule has 0 radical (unpaired) electrons. The molecule has 1 heterocycles. The summed E-state index contributed by atoms with van der Waals surface area (Å²) in [6.45, 7) is 22.9. The van der Waals surface area contributed by atoms with E-state index >= 15 is 0 Å². The van der Waals surface area contributed by atoms with Gasteiger partial charge < -0.3 is 15.4 Å². The van der Waals surface area contributed by atoms with Gasteiger partial charge in [0.15, 0.2) is 0 Å². The molecule has 232 valence electrons. The van der Waals surface area contributed by atoms with Crippen molar-refractivity contribution in [3.05, 3.63) is 0 Å². The van der Waals surface area contributed by atoms with Gasteiger partial charge in [-0.15, -0.1) is 11.8 Å². The standard InChI is InChI=1S/C31H57N3O5S/c1-28(2,3)15-12-24(35)32-17-11-14-31(9,10)39-19-16-30(7,8)21-33-25(36)13-18-34-26(37)20-23(27(34)38)40-22-29(4,5)6/h23H,11-22H2,1-10H3,(H,32,35)(H,33,36). The number of carbonyl (C=O) groups is 4. The molecule has 2 N–H and O–H groups in total. The van der Waals surface area contributed by atoms with Crippen LogP contribution in [0.15, 0.2) is 0 Å². The summed E-state index contributed by atoms with van der Waals surface area (Å²) < 4.78 is 6.15. The predicted octanol–water partition coefficient (Wildman–Crippen LogP) is 5.33. The predicted molar refractivity (Wildman–Crippen MR) is 164 cm³/mol. The molecular formula is C31H57N3O5S. The summed E-state index contributed by atoms with van der Waals surface area (Å²) in [7, 11) is 0. The topological polar surface area (TPSA) is 105 Å². The lowest BCUT2D eigenvalue weighted by molar-refractivity contribution is -0.138. The zero-order chi connectivity index (χ0) is 30.8. The summed E-state index contributed by atoms with van der Waals surface area (Å²) in [5.41, 5.74) is -0.221. The monoisotopic (exact) mass is 583 g/mol. The lowest BCUT2D eigenvalue weighted by Gasteiger charge is -2.30. The molecule has 1 aliphatic rings. The maximum atomic E-state index is 12.7. The molecule has 0 aromatic heterocycles. The smallest absolute Gasteiger partial charge is 0.242 e. The van der Waals surface area contributed by atoms with Crippen LogP contribution in [0.3, 0.4) is 0 Å². The second kappa shape index (κ2) is 15.6. The molecule has 4 amide bonds. The molecule has 0 aliphatic carbocycles. The minimum atomic E-state index is -0.338. The van der Waals surface area contributed by atoms with Crippen LogP contribution in [0.1, 0.15) is 114 Å². The highest BCUT2D eigenvalue weighted by atomic mass is 32.2. The van der Waals surface area contributed by atoms with E-state index in [0.717, 1.165) is 31.4 Å². The number of imide groups is 1. The third-order valence-corrected chi connectivity index (χ3v) is 8.70. The van der Waals surface area contributed by atoms with E-state index in [9.17, 15) is 19.2 Å². The first-order valence-electron chi connectivity index (χ1n) is 14.8. The number of hydrogen-bond acceptors (Lipinski definition) is 6. The van der Waals surface area contributed by atoms with Crippen molar-refractivity contribution < 1.29 is 23.9 Å². The number of nitrogens with zero attached hydrogens (tertiary/aromatic N) is 1. The third-order valence-electron chi connectivity index (χ3n) is 6.90. The molecule has 1 unspecified atom stereocenters. The Morgan fingerprint density at radius 3 is 2.10 bits per heavy atom. The van der Waals surface area contributed by atoms with Crippen LogP contribution in [-0.4, -0.2) is 71.4 Å². The number of thioether (sulfide) groups is 1. The average Bonchev–Trinajstić information content (AvgIpc) is 3.07. The van der Waals surface area contributed by atoms with E-state index in [-0.39, 0.29) is 70.1 Å². The highest BCUT2D eigenvalue weighted by molar-refractivity contribution is 8.00. The Morgan fingerprint density at radius 2 is 1.50 bits per heavy atom. The van der Waals surface area contributed by atoms with Gasteiger partial charge in [-0.05, 0) is 61.5 Å². The van der Waals surface area contributed by atoms with Crippen molar-refractivity contribution >= 4 is 35.4 Å². The van der Waals surface area contributed by atoms with E-state index < -0.39 is 0 Å². The molecule has 1 rings (SSSR count). The highest BCUT2D eigenvalue weighted by Gasteiger charge is 2.39. The Kier molecular flexibility index (Phi) is 14.2. The number of carbonyl (C=O) groups excluding carboxylic acids is 4. The van der Waals surface area contributed by atoms with Crippen molar-refractivity contribution in [2.45, 2.75) is 125 Å². The van der Waals surface area contributed by atoms with Crippen LogP contribution in [0, 0.1) is 16.2 Å². The lowest BCUT2D eigenvalue weighted by Crippen LogP contribution is -2.39. The SMILES string of the molecule is CC(C)(C)CCC(=O)NCCCC(C)(C)OCCC(C)(C)CNC(=O)CCN1C(=O)CC(SCC(C)(C)C)C1=O. The van der Waals surface area contributed by atoms with E-state index in [2.05, 4.69) is 79.9 Å². The van der Waals surface area contributed by atoms with Gasteiger partial charge in [0.2, 0.25) is 23.6 Å². The second-order valence-corrected chi connectivity index (χ2v) is 16.2. The number of nitrogens with one attached hydrogen (secondary N) is 2. The minimum absolute atomic E-state index is 0.0829. The van der Waals surface area contributed by atoms with E-state index in [1.54, 1.807) is 0 Å². The maximum absolute atomic E-state index is 12.7. The molecule has 1 fully saturated rings. The van der Waals surface area contributed by atoms with E-state index in [0.29, 0.717) is 26.1 Å². The van der Waals surface area contributed by atoms with Gasteiger partial charge in [0.1, 0.15) is 0 Å². The normalized spacial score (nSPS) is 16.9. The Bertz CT molecular complexity index is 858. The molecule has 0 spiro atoms. The van der Waals surface area contributed by atoms with E-state index in [1.165, 1.54) is 16.7 Å². The number of ether oxygens (including phenoxy) is 1. The molecule has 40 heavy (non-hydrogen) atoms. The van der Waals surface area contributed by atoms with Crippen molar-refractivity contribution in [3.8, 4) is 0 Å². The van der Waals surface area contributed by atoms with E-state index in [1.807, 2.05) is 0 Å². The molecule has 1 aliphatic heterocycles. The lowest BCUT2D eigenvalue weighted by atomic mass is 9.89. The van der Waals surface area contributed by atoms with Crippen LogP contribution in [-0.2, 0) is 23.9 Å². The van der Waals surface area contributed by atoms with Crippen molar-refractivity contribution in [1.29, 1.82) is 0 Å². The fraction of sp³-hybridized carbons (Fsp3) is 0.871. The second-order valence-electron chi connectivity index (χ2n) is 15.0. The molecule has 0 bridgehead atoms. The van der Waals surface area contributed by atoms with Crippen LogP contribution in [0.4, 0.5) is 0 Å². The highest BCUT2D eigenvalue weighted by Crippen LogP contribution is 2.30. The summed E-state index contributed by atoms with van der Waals surface area (Å²) in [5, 5.41) is 5.63. The largest absolute Gasteiger partial charge is 0.376 e. The molecule has 0 aromatic rings. The van der Waals surface area contributed by atoms with Gasteiger partial charge in [0, 0.05) is 45.5 Å². The molecule has 9 heteroatoms. The van der Waals surface area contributed by atoms with Gasteiger partial charge >= 0.3 is 0 Å². The van der Waals surface area contributed by atoms with Gasteiger partial charge in [-0.3, -0.25) is 24.1 Å².